The van der Waals surface area contributed by atoms with Gasteiger partial charge in [0.25, 0.3) is 0 Å². The lowest BCUT2D eigenvalue weighted by Gasteiger charge is -2.30. The van der Waals surface area contributed by atoms with Gasteiger partial charge in [-0.2, -0.15) is 11.8 Å². The van der Waals surface area contributed by atoms with E-state index in [1.165, 1.54) is 12.1 Å². The molecule has 0 aliphatic heterocycles. The number of benzene rings is 1. The number of halogens is 1. The number of carboxylic acid groups (broad SMARTS) is 1. The minimum Gasteiger partial charge on any atom is -0.478 e. The number of hydrogen-bond acceptors (Lipinski definition) is 4. The molecule has 0 radical (unpaired) electrons. The van der Waals surface area contributed by atoms with Gasteiger partial charge >= 0.3 is 5.97 Å². The molecule has 1 aromatic rings. The molecule has 0 aromatic heterocycles. The molecule has 0 heterocycles. The summed E-state index contributed by atoms with van der Waals surface area (Å²) in [7, 11) is 0. The van der Waals surface area contributed by atoms with Crippen LogP contribution in [0.1, 0.15) is 37.0 Å². The van der Waals surface area contributed by atoms with Crippen LogP contribution < -0.4 is 11.1 Å². The molecule has 112 valence electrons. The van der Waals surface area contributed by atoms with Crippen LogP contribution in [0.2, 0.25) is 0 Å². The summed E-state index contributed by atoms with van der Waals surface area (Å²) >= 11 is 1.74. The monoisotopic (exact) mass is 300 g/mol. The summed E-state index contributed by atoms with van der Waals surface area (Å²) in [6, 6.07) is 2.61. The number of anilines is 2. The van der Waals surface area contributed by atoms with Gasteiger partial charge in [0.2, 0.25) is 0 Å². The Kier molecular flexibility index (Phi) is 5.68. The second-order valence-electron chi connectivity index (χ2n) is 4.64. The Bertz CT molecular complexity index is 482. The summed E-state index contributed by atoms with van der Waals surface area (Å²) in [6.07, 6.45) is 3.94. The zero-order chi connectivity index (χ0) is 15.3. The van der Waals surface area contributed by atoms with Gasteiger partial charge in [-0.25, -0.2) is 9.18 Å². The second-order valence-corrected chi connectivity index (χ2v) is 5.91. The Labute approximate surface area is 122 Å². The van der Waals surface area contributed by atoms with Crippen LogP contribution in [0, 0.1) is 5.82 Å². The largest absolute Gasteiger partial charge is 0.478 e. The van der Waals surface area contributed by atoms with Crippen molar-refractivity contribution in [3.05, 3.63) is 23.5 Å². The Morgan fingerprint density at radius 1 is 1.45 bits per heavy atom. The Morgan fingerprint density at radius 3 is 2.50 bits per heavy atom. The van der Waals surface area contributed by atoms with Crippen molar-refractivity contribution >= 4 is 29.1 Å². The molecule has 0 bridgehead atoms. The topological polar surface area (TPSA) is 75.3 Å². The fraction of sp³-hybridized carbons (Fsp3) is 0.500. The maximum absolute atomic E-state index is 13.4. The SMILES string of the molecule is CCC(CC)(CNc1ccc(F)c(N)c1C(=O)O)SC. The van der Waals surface area contributed by atoms with Gasteiger partial charge in [0.05, 0.1) is 11.4 Å². The van der Waals surface area contributed by atoms with Crippen molar-refractivity contribution in [3.63, 3.8) is 0 Å². The molecule has 1 rings (SSSR count). The fourth-order valence-corrected chi connectivity index (χ4v) is 2.88. The molecule has 0 saturated carbocycles. The number of nitrogen functional groups attached to an aromatic ring is 1. The quantitative estimate of drug-likeness (QED) is 0.673. The summed E-state index contributed by atoms with van der Waals surface area (Å²) < 4.78 is 13.4. The third kappa shape index (κ3) is 3.36. The number of carboxylic acids is 1. The van der Waals surface area contributed by atoms with Crippen molar-refractivity contribution < 1.29 is 14.3 Å². The molecule has 0 unspecified atom stereocenters. The van der Waals surface area contributed by atoms with Crippen molar-refractivity contribution in [1.29, 1.82) is 0 Å². The summed E-state index contributed by atoms with van der Waals surface area (Å²) in [6.45, 7) is 4.80. The number of thioether (sulfide) groups is 1. The lowest BCUT2D eigenvalue weighted by Crippen LogP contribution is -2.32. The van der Waals surface area contributed by atoms with Crippen molar-refractivity contribution in [3.8, 4) is 0 Å². The normalized spacial score (nSPS) is 11.4. The first kappa shape index (κ1) is 16.6. The molecule has 0 atom stereocenters. The van der Waals surface area contributed by atoms with E-state index in [1.807, 2.05) is 6.26 Å². The first-order valence-corrected chi connectivity index (χ1v) is 7.73. The highest BCUT2D eigenvalue weighted by molar-refractivity contribution is 8.00. The third-order valence-corrected chi connectivity index (χ3v) is 5.32. The predicted octanol–water partition coefficient (Wildman–Crippen LogP) is 3.44. The van der Waals surface area contributed by atoms with E-state index in [9.17, 15) is 14.3 Å². The van der Waals surface area contributed by atoms with E-state index in [4.69, 9.17) is 5.73 Å². The average molecular weight is 300 g/mol. The maximum Gasteiger partial charge on any atom is 0.340 e. The molecule has 1 aromatic carbocycles. The van der Waals surface area contributed by atoms with Crippen molar-refractivity contribution in [2.45, 2.75) is 31.4 Å². The minimum absolute atomic E-state index is 0.0267. The van der Waals surface area contributed by atoms with Crippen LogP contribution >= 0.6 is 11.8 Å². The van der Waals surface area contributed by atoms with Crippen molar-refractivity contribution in [2.75, 3.05) is 23.9 Å². The molecule has 6 heteroatoms. The standard InChI is InChI=1S/C14H21FN2O2S/c1-4-14(5-2,20-3)8-17-10-7-6-9(15)12(16)11(10)13(18)19/h6-7,17H,4-5,8,16H2,1-3H3,(H,18,19). The van der Waals surface area contributed by atoms with Gasteiger partial charge in [0, 0.05) is 11.3 Å². The van der Waals surface area contributed by atoms with Crippen LogP contribution in [0.4, 0.5) is 15.8 Å². The van der Waals surface area contributed by atoms with E-state index >= 15 is 0 Å². The van der Waals surface area contributed by atoms with Gasteiger partial charge in [-0.3, -0.25) is 0 Å². The third-order valence-electron chi connectivity index (χ3n) is 3.73. The number of nitrogens with two attached hydrogens (primary N) is 1. The van der Waals surface area contributed by atoms with Gasteiger partial charge in [-0.1, -0.05) is 13.8 Å². The summed E-state index contributed by atoms with van der Waals surface area (Å²) in [5, 5.41) is 12.3. The van der Waals surface area contributed by atoms with Gasteiger partial charge in [-0.05, 0) is 31.2 Å². The van der Waals surface area contributed by atoms with Crippen molar-refractivity contribution in [2.24, 2.45) is 0 Å². The smallest absolute Gasteiger partial charge is 0.340 e. The minimum atomic E-state index is -1.23. The highest BCUT2D eigenvalue weighted by Crippen LogP contribution is 2.32. The highest BCUT2D eigenvalue weighted by Gasteiger charge is 2.26. The van der Waals surface area contributed by atoms with Gasteiger partial charge in [0.15, 0.2) is 0 Å². The van der Waals surface area contributed by atoms with Crippen LogP contribution in [0.25, 0.3) is 0 Å². The zero-order valence-corrected chi connectivity index (χ0v) is 12.8. The zero-order valence-electron chi connectivity index (χ0n) is 12.0. The lowest BCUT2D eigenvalue weighted by atomic mass is 10.0. The molecule has 4 N–H and O–H groups in total. The van der Waals surface area contributed by atoms with Gasteiger partial charge < -0.3 is 16.2 Å². The Balaban J connectivity index is 3.04. The van der Waals surface area contributed by atoms with Gasteiger partial charge in [0.1, 0.15) is 11.4 Å². The Hall–Kier alpha value is -1.43. The summed E-state index contributed by atoms with van der Waals surface area (Å²) in [5.41, 5.74) is 5.35. The Morgan fingerprint density at radius 2 is 2.05 bits per heavy atom. The highest BCUT2D eigenvalue weighted by atomic mass is 32.2. The van der Waals surface area contributed by atoms with E-state index in [1.54, 1.807) is 11.8 Å². The number of aromatic carboxylic acids is 1. The molecule has 0 aliphatic rings. The summed E-state index contributed by atoms with van der Waals surface area (Å²) in [5.74, 6) is -1.94. The molecule has 0 amide bonds. The van der Waals surface area contributed by atoms with Crippen LogP contribution in [0.3, 0.4) is 0 Å². The van der Waals surface area contributed by atoms with Crippen LogP contribution in [0.5, 0.6) is 0 Å². The first-order valence-electron chi connectivity index (χ1n) is 6.51. The van der Waals surface area contributed by atoms with E-state index in [-0.39, 0.29) is 16.0 Å². The number of nitrogens with one attached hydrogen (secondary N) is 1. The molecular formula is C14H21FN2O2S. The molecular weight excluding hydrogens is 279 g/mol. The lowest BCUT2D eigenvalue weighted by molar-refractivity contribution is 0.0698. The summed E-state index contributed by atoms with van der Waals surface area (Å²) in [4.78, 5) is 11.2. The molecule has 4 nitrogen and oxygen atoms in total. The van der Waals surface area contributed by atoms with E-state index in [0.717, 1.165) is 12.8 Å². The molecule has 0 fully saturated rings. The van der Waals surface area contributed by atoms with Gasteiger partial charge in [-0.15, -0.1) is 0 Å². The van der Waals surface area contributed by atoms with E-state index in [2.05, 4.69) is 19.2 Å². The number of hydrogen-bond donors (Lipinski definition) is 3. The predicted molar refractivity (Wildman–Crippen MR) is 83.1 cm³/mol. The number of carbonyl (C=O) groups is 1. The van der Waals surface area contributed by atoms with Crippen LogP contribution in [-0.2, 0) is 0 Å². The van der Waals surface area contributed by atoms with E-state index in [0.29, 0.717) is 12.2 Å². The van der Waals surface area contributed by atoms with Crippen LogP contribution in [-0.4, -0.2) is 28.6 Å². The molecule has 0 saturated heterocycles. The van der Waals surface area contributed by atoms with E-state index < -0.39 is 11.8 Å². The van der Waals surface area contributed by atoms with Crippen molar-refractivity contribution in [1.82, 2.24) is 0 Å². The molecule has 0 spiro atoms. The average Bonchev–Trinajstić information content (AvgIpc) is 2.44. The second kappa shape index (κ2) is 6.83. The van der Waals surface area contributed by atoms with Crippen LogP contribution in [0.15, 0.2) is 12.1 Å². The first-order chi connectivity index (χ1) is 9.40. The maximum atomic E-state index is 13.4. The fourth-order valence-electron chi connectivity index (χ4n) is 2.09. The number of rotatable bonds is 7. The molecule has 0 aliphatic carbocycles. The molecule has 20 heavy (non-hydrogen) atoms.